The van der Waals surface area contributed by atoms with Crippen LogP contribution >= 0.6 is 34.5 Å². The molecule has 1 saturated heterocycles. The third-order valence-corrected chi connectivity index (χ3v) is 6.59. The van der Waals surface area contributed by atoms with E-state index in [1.807, 2.05) is 24.3 Å². The summed E-state index contributed by atoms with van der Waals surface area (Å²) < 4.78 is 11.9. The molecule has 0 radical (unpaired) electrons. The lowest BCUT2D eigenvalue weighted by molar-refractivity contribution is 0.0118. The smallest absolute Gasteiger partial charge is 0.263 e. The fourth-order valence-corrected chi connectivity index (χ4v) is 5.14. The van der Waals surface area contributed by atoms with E-state index in [0.717, 1.165) is 28.9 Å². The molecule has 1 aromatic carbocycles. The zero-order valence-electron chi connectivity index (χ0n) is 14.4. The number of benzene rings is 1. The summed E-state index contributed by atoms with van der Waals surface area (Å²) in [4.78, 5) is 15.5. The Bertz CT molecular complexity index is 936. The molecule has 4 rings (SSSR count). The van der Waals surface area contributed by atoms with E-state index in [9.17, 15) is 4.79 Å². The number of rotatable bonds is 5. The van der Waals surface area contributed by atoms with Crippen LogP contribution in [0.15, 0.2) is 41.0 Å². The predicted molar refractivity (Wildman–Crippen MR) is 108 cm³/mol. The van der Waals surface area contributed by atoms with Gasteiger partial charge < -0.3 is 14.5 Å². The van der Waals surface area contributed by atoms with Crippen LogP contribution in [0.2, 0.25) is 10.0 Å². The molecule has 1 atom stereocenters. The van der Waals surface area contributed by atoms with E-state index in [0.29, 0.717) is 34.7 Å². The third kappa shape index (κ3) is 3.86. The van der Waals surface area contributed by atoms with E-state index in [-0.39, 0.29) is 11.9 Å². The van der Waals surface area contributed by atoms with E-state index in [2.05, 4.69) is 10.2 Å². The van der Waals surface area contributed by atoms with Crippen molar-refractivity contribution in [1.82, 2.24) is 10.2 Å². The van der Waals surface area contributed by atoms with Gasteiger partial charge in [-0.05, 0) is 24.3 Å². The van der Waals surface area contributed by atoms with Crippen molar-refractivity contribution < 1.29 is 13.9 Å². The summed E-state index contributed by atoms with van der Waals surface area (Å²) in [5, 5.41) is 4.69. The van der Waals surface area contributed by atoms with Gasteiger partial charge in [0.05, 0.1) is 35.6 Å². The number of hydrogen-bond donors (Lipinski definition) is 1. The first kappa shape index (κ1) is 18.8. The molecular formula is C19H18Cl2N2O3S. The van der Waals surface area contributed by atoms with Crippen molar-refractivity contribution >= 4 is 50.5 Å². The van der Waals surface area contributed by atoms with Gasteiger partial charge in [-0.2, -0.15) is 0 Å². The van der Waals surface area contributed by atoms with Gasteiger partial charge in [-0.15, -0.1) is 11.3 Å². The molecule has 8 heteroatoms. The van der Waals surface area contributed by atoms with Gasteiger partial charge in [0.2, 0.25) is 0 Å². The number of nitrogens with zero attached hydrogens (tertiary/aromatic N) is 1. The van der Waals surface area contributed by atoms with Gasteiger partial charge in [0.25, 0.3) is 5.91 Å². The lowest BCUT2D eigenvalue weighted by Gasteiger charge is -2.33. The molecule has 1 amide bonds. The average molecular weight is 425 g/mol. The lowest BCUT2D eigenvalue weighted by Crippen LogP contribution is -2.43. The highest BCUT2D eigenvalue weighted by Gasteiger charge is 2.26. The highest BCUT2D eigenvalue weighted by atomic mass is 35.5. The fourth-order valence-electron chi connectivity index (χ4n) is 3.27. The van der Waals surface area contributed by atoms with Gasteiger partial charge in [-0.3, -0.25) is 9.69 Å². The fraction of sp³-hybridized carbons (Fsp3) is 0.316. The molecule has 0 saturated carbocycles. The standard InChI is InChI=1S/C19H18Cl2N2O3S/c20-12-3-1-5-15-16(12)17(21)18(27-15)19(24)22-11-13(14-4-2-8-26-14)23-6-9-25-10-7-23/h1-5,8,13H,6-7,9-11H2,(H,22,24)/t13-/m0/s1. The molecule has 142 valence electrons. The zero-order valence-corrected chi connectivity index (χ0v) is 16.7. The summed E-state index contributed by atoms with van der Waals surface area (Å²) in [6.45, 7) is 3.35. The molecule has 2 aromatic heterocycles. The number of amides is 1. The van der Waals surface area contributed by atoms with Crippen molar-refractivity contribution in [2.45, 2.75) is 6.04 Å². The first-order valence-electron chi connectivity index (χ1n) is 8.65. The van der Waals surface area contributed by atoms with Crippen LogP contribution in [0.3, 0.4) is 0 Å². The monoisotopic (exact) mass is 424 g/mol. The summed E-state index contributed by atoms with van der Waals surface area (Å²) in [6.07, 6.45) is 1.65. The summed E-state index contributed by atoms with van der Waals surface area (Å²) in [5.74, 6) is 0.616. The molecule has 1 N–H and O–H groups in total. The van der Waals surface area contributed by atoms with Gasteiger partial charge in [-0.25, -0.2) is 0 Å². The topological polar surface area (TPSA) is 54.7 Å². The Labute approximate surface area is 170 Å². The number of thiophene rings is 1. The Morgan fingerprint density at radius 3 is 2.74 bits per heavy atom. The molecule has 1 fully saturated rings. The molecular weight excluding hydrogens is 407 g/mol. The number of ether oxygens (including phenoxy) is 1. The maximum absolute atomic E-state index is 12.8. The van der Waals surface area contributed by atoms with Crippen molar-refractivity contribution in [2.75, 3.05) is 32.8 Å². The van der Waals surface area contributed by atoms with E-state index >= 15 is 0 Å². The molecule has 3 heterocycles. The Morgan fingerprint density at radius 2 is 2.04 bits per heavy atom. The van der Waals surface area contributed by atoms with Gasteiger partial charge in [0.1, 0.15) is 10.6 Å². The van der Waals surface area contributed by atoms with Gasteiger partial charge >= 0.3 is 0 Å². The number of nitrogens with one attached hydrogen (secondary N) is 1. The molecule has 3 aromatic rings. The molecule has 27 heavy (non-hydrogen) atoms. The molecule has 1 aliphatic heterocycles. The second kappa shape index (κ2) is 8.20. The van der Waals surface area contributed by atoms with Crippen LogP contribution in [0.25, 0.3) is 10.1 Å². The minimum absolute atomic E-state index is 0.0513. The molecule has 0 unspecified atom stereocenters. The lowest BCUT2D eigenvalue weighted by atomic mass is 10.1. The molecule has 1 aliphatic rings. The van der Waals surface area contributed by atoms with Crippen molar-refractivity contribution in [3.8, 4) is 0 Å². The Morgan fingerprint density at radius 1 is 1.22 bits per heavy atom. The molecule has 5 nitrogen and oxygen atoms in total. The number of carbonyl (C=O) groups excluding carboxylic acids is 1. The third-order valence-electron chi connectivity index (χ3n) is 4.63. The number of carbonyl (C=O) groups is 1. The van der Waals surface area contributed by atoms with Gasteiger partial charge in [0.15, 0.2) is 0 Å². The molecule has 0 aliphatic carbocycles. The normalized spacial score (nSPS) is 16.5. The van der Waals surface area contributed by atoms with Crippen LogP contribution < -0.4 is 5.32 Å². The van der Waals surface area contributed by atoms with Gasteiger partial charge in [0, 0.05) is 29.7 Å². The minimum Gasteiger partial charge on any atom is -0.468 e. The Balaban J connectivity index is 1.53. The number of hydrogen-bond acceptors (Lipinski definition) is 5. The van der Waals surface area contributed by atoms with Crippen molar-refractivity contribution in [1.29, 1.82) is 0 Å². The van der Waals surface area contributed by atoms with E-state index in [1.165, 1.54) is 11.3 Å². The number of fused-ring (bicyclic) bond motifs is 1. The maximum Gasteiger partial charge on any atom is 0.263 e. The summed E-state index contributed by atoms with van der Waals surface area (Å²) in [6, 6.07) is 9.27. The van der Waals surface area contributed by atoms with Crippen molar-refractivity contribution in [3.05, 3.63) is 57.3 Å². The highest BCUT2D eigenvalue weighted by molar-refractivity contribution is 7.21. The van der Waals surface area contributed by atoms with E-state index in [1.54, 1.807) is 12.3 Å². The Kier molecular flexibility index (Phi) is 5.71. The zero-order chi connectivity index (χ0) is 18.8. The van der Waals surface area contributed by atoms with Crippen LogP contribution in [0.5, 0.6) is 0 Å². The van der Waals surface area contributed by atoms with Crippen LogP contribution in [0.1, 0.15) is 21.5 Å². The van der Waals surface area contributed by atoms with Crippen LogP contribution in [-0.4, -0.2) is 43.7 Å². The second-order valence-corrected chi connectivity index (χ2v) is 8.09. The molecule has 0 spiro atoms. The van der Waals surface area contributed by atoms with Gasteiger partial charge in [-0.1, -0.05) is 29.3 Å². The number of halogens is 2. The quantitative estimate of drug-likeness (QED) is 0.649. The van der Waals surface area contributed by atoms with Crippen LogP contribution in [-0.2, 0) is 4.74 Å². The number of furan rings is 1. The SMILES string of the molecule is O=C(NC[C@@H](c1ccco1)N1CCOCC1)c1sc2cccc(Cl)c2c1Cl. The second-order valence-electron chi connectivity index (χ2n) is 6.25. The largest absolute Gasteiger partial charge is 0.468 e. The van der Waals surface area contributed by atoms with Crippen LogP contribution in [0, 0.1) is 0 Å². The van der Waals surface area contributed by atoms with Crippen molar-refractivity contribution in [3.63, 3.8) is 0 Å². The summed E-state index contributed by atoms with van der Waals surface area (Å²) in [7, 11) is 0. The first-order chi connectivity index (χ1) is 13.1. The summed E-state index contributed by atoms with van der Waals surface area (Å²) in [5.41, 5.74) is 0. The Hall–Kier alpha value is -1.57. The van der Waals surface area contributed by atoms with Crippen LogP contribution in [0.4, 0.5) is 0 Å². The summed E-state index contributed by atoms with van der Waals surface area (Å²) >= 11 is 14.0. The van der Waals surface area contributed by atoms with E-state index in [4.69, 9.17) is 32.4 Å². The maximum atomic E-state index is 12.8. The predicted octanol–water partition coefficient (Wildman–Crippen LogP) is 4.60. The first-order valence-corrected chi connectivity index (χ1v) is 10.2. The minimum atomic E-state index is -0.206. The van der Waals surface area contributed by atoms with E-state index < -0.39 is 0 Å². The molecule has 0 bridgehead atoms. The van der Waals surface area contributed by atoms with Crippen molar-refractivity contribution in [2.24, 2.45) is 0 Å². The number of morpholine rings is 1. The highest BCUT2D eigenvalue weighted by Crippen LogP contribution is 2.39. The average Bonchev–Trinajstić information content (AvgIpc) is 3.32.